The fourth-order valence-corrected chi connectivity index (χ4v) is 3.50. The van der Waals surface area contributed by atoms with Crippen molar-refractivity contribution in [2.75, 3.05) is 5.32 Å². The zero-order valence-corrected chi connectivity index (χ0v) is 17.7. The van der Waals surface area contributed by atoms with Crippen molar-refractivity contribution in [3.63, 3.8) is 0 Å². The first-order chi connectivity index (χ1) is 13.7. The van der Waals surface area contributed by atoms with Gasteiger partial charge in [0.1, 0.15) is 5.82 Å². The van der Waals surface area contributed by atoms with Crippen LogP contribution in [0.5, 0.6) is 0 Å². The van der Waals surface area contributed by atoms with Crippen molar-refractivity contribution in [1.29, 1.82) is 0 Å². The molecule has 8 nitrogen and oxygen atoms in total. The van der Waals surface area contributed by atoms with Crippen LogP contribution in [0.4, 0.5) is 5.82 Å². The highest BCUT2D eigenvalue weighted by Gasteiger charge is 2.24. The van der Waals surface area contributed by atoms with Gasteiger partial charge in [0.2, 0.25) is 11.8 Å². The van der Waals surface area contributed by atoms with Gasteiger partial charge < -0.3 is 10.6 Å². The van der Waals surface area contributed by atoms with Crippen LogP contribution in [0, 0.1) is 0 Å². The molecule has 0 aliphatic carbocycles. The van der Waals surface area contributed by atoms with Crippen molar-refractivity contribution in [2.45, 2.75) is 45.6 Å². The van der Waals surface area contributed by atoms with E-state index in [1.807, 2.05) is 44.4 Å². The fraction of sp³-hybridized carbons (Fsp3) is 0.350. The molecule has 3 aromatic rings. The summed E-state index contributed by atoms with van der Waals surface area (Å²) in [7, 11) is 0. The third-order valence-corrected chi connectivity index (χ3v) is 5.13. The molecule has 3 heterocycles. The molecular formula is C20H24N6O2S. The fourth-order valence-electron chi connectivity index (χ4n) is 2.73. The van der Waals surface area contributed by atoms with Gasteiger partial charge in [-0.15, -0.1) is 11.3 Å². The third kappa shape index (κ3) is 5.26. The van der Waals surface area contributed by atoms with E-state index in [0.29, 0.717) is 11.8 Å². The van der Waals surface area contributed by atoms with Crippen LogP contribution < -0.4 is 10.6 Å². The molecule has 1 atom stereocenters. The number of nitrogens with one attached hydrogen (secondary N) is 2. The van der Waals surface area contributed by atoms with Gasteiger partial charge >= 0.3 is 0 Å². The largest absolute Gasteiger partial charge is 0.348 e. The Morgan fingerprint density at radius 1 is 1.21 bits per heavy atom. The number of amides is 2. The van der Waals surface area contributed by atoms with E-state index in [1.165, 1.54) is 22.9 Å². The second-order valence-electron chi connectivity index (χ2n) is 7.65. The maximum absolute atomic E-state index is 12.8. The van der Waals surface area contributed by atoms with E-state index in [-0.39, 0.29) is 29.7 Å². The summed E-state index contributed by atoms with van der Waals surface area (Å²) in [5.41, 5.74) is 0.590. The van der Waals surface area contributed by atoms with Crippen LogP contribution in [0.3, 0.4) is 0 Å². The number of anilines is 1. The Hall–Kier alpha value is -3.07. The minimum Gasteiger partial charge on any atom is -0.348 e. The second-order valence-corrected chi connectivity index (χ2v) is 8.63. The van der Waals surface area contributed by atoms with Gasteiger partial charge in [-0.1, -0.05) is 26.8 Å². The first-order valence-corrected chi connectivity index (χ1v) is 10.1. The minimum atomic E-state index is -0.390. The summed E-state index contributed by atoms with van der Waals surface area (Å²) in [5, 5.41) is 12.2. The van der Waals surface area contributed by atoms with Crippen molar-refractivity contribution in [3.05, 3.63) is 52.6 Å². The van der Waals surface area contributed by atoms with Crippen molar-refractivity contribution >= 4 is 29.0 Å². The van der Waals surface area contributed by atoms with Gasteiger partial charge in [-0.05, 0) is 17.5 Å². The van der Waals surface area contributed by atoms with E-state index < -0.39 is 0 Å². The highest BCUT2D eigenvalue weighted by molar-refractivity contribution is 7.10. The predicted molar refractivity (Wildman–Crippen MR) is 112 cm³/mol. The van der Waals surface area contributed by atoms with E-state index in [0.717, 1.165) is 10.6 Å². The Labute approximate surface area is 173 Å². The highest BCUT2D eigenvalue weighted by atomic mass is 32.1. The summed E-state index contributed by atoms with van der Waals surface area (Å²) >= 11 is 1.50. The molecule has 0 radical (unpaired) electrons. The molecule has 2 N–H and O–H groups in total. The maximum Gasteiger partial charge on any atom is 0.252 e. The molecule has 29 heavy (non-hydrogen) atoms. The molecule has 2 amide bonds. The van der Waals surface area contributed by atoms with E-state index in [9.17, 15) is 9.59 Å². The van der Waals surface area contributed by atoms with Crippen LogP contribution in [0.25, 0.3) is 5.95 Å². The topological polar surface area (TPSA) is 102 Å². The first kappa shape index (κ1) is 20.7. The number of rotatable bonds is 6. The number of carbonyl (C=O) groups is 2. The van der Waals surface area contributed by atoms with E-state index in [1.54, 1.807) is 18.5 Å². The average Bonchev–Trinajstić information content (AvgIpc) is 3.31. The summed E-state index contributed by atoms with van der Waals surface area (Å²) in [5.74, 6) is 0.428. The van der Waals surface area contributed by atoms with Gasteiger partial charge in [0.25, 0.3) is 5.95 Å². The molecule has 0 bridgehead atoms. The van der Waals surface area contributed by atoms with Gasteiger partial charge in [-0.3, -0.25) is 9.59 Å². The standard InChI is InChI=1S/C20H24N6O2S/c1-13(27)23-14(15-7-5-10-29-15)11-18(28)24-17-12-16(20(2,3)4)25-26(17)19-21-8-6-9-22-19/h5-10,12,14H,11H2,1-4H3,(H,23,27)(H,24,28). The Morgan fingerprint density at radius 3 is 2.52 bits per heavy atom. The van der Waals surface area contributed by atoms with Crippen LogP contribution in [0.15, 0.2) is 42.0 Å². The Bertz CT molecular complexity index is 976. The van der Waals surface area contributed by atoms with E-state index in [2.05, 4.69) is 25.7 Å². The number of carbonyl (C=O) groups excluding carboxylic acids is 2. The summed E-state index contributed by atoms with van der Waals surface area (Å²) in [6.45, 7) is 7.57. The van der Waals surface area contributed by atoms with Crippen LogP contribution in [-0.2, 0) is 15.0 Å². The van der Waals surface area contributed by atoms with Crippen LogP contribution >= 0.6 is 11.3 Å². The molecule has 0 spiro atoms. The predicted octanol–water partition coefficient (Wildman–Crippen LogP) is 3.23. The highest BCUT2D eigenvalue weighted by Crippen LogP contribution is 2.27. The van der Waals surface area contributed by atoms with Crippen molar-refractivity contribution in [2.24, 2.45) is 0 Å². The van der Waals surface area contributed by atoms with Gasteiger partial charge in [-0.2, -0.15) is 9.78 Å². The summed E-state index contributed by atoms with van der Waals surface area (Å²) in [6, 6.07) is 6.95. The molecule has 0 saturated carbocycles. The Balaban J connectivity index is 1.85. The third-order valence-electron chi connectivity index (χ3n) is 4.14. The summed E-state index contributed by atoms with van der Waals surface area (Å²) < 4.78 is 1.52. The molecule has 9 heteroatoms. The molecular weight excluding hydrogens is 388 g/mol. The van der Waals surface area contributed by atoms with Gasteiger partial charge in [-0.25, -0.2) is 9.97 Å². The maximum atomic E-state index is 12.8. The zero-order valence-electron chi connectivity index (χ0n) is 16.8. The lowest BCUT2D eigenvalue weighted by Crippen LogP contribution is -2.29. The summed E-state index contributed by atoms with van der Waals surface area (Å²) in [4.78, 5) is 33.8. The molecule has 3 rings (SSSR count). The number of hydrogen-bond acceptors (Lipinski definition) is 6. The lowest BCUT2D eigenvalue weighted by atomic mass is 9.92. The molecule has 0 aliphatic rings. The lowest BCUT2D eigenvalue weighted by molar-refractivity contribution is -0.120. The van der Waals surface area contributed by atoms with Crippen LogP contribution in [0.1, 0.15) is 50.7 Å². The van der Waals surface area contributed by atoms with Crippen LogP contribution in [0.2, 0.25) is 0 Å². The molecule has 152 valence electrons. The Kier molecular flexibility index (Phi) is 6.07. The monoisotopic (exact) mass is 412 g/mol. The van der Waals surface area contributed by atoms with Crippen molar-refractivity contribution < 1.29 is 9.59 Å². The SMILES string of the molecule is CC(=O)NC(CC(=O)Nc1cc(C(C)(C)C)nn1-c1ncccn1)c1cccs1. The molecule has 1 unspecified atom stereocenters. The van der Waals surface area contributed by atoms with E-state index in [4.69, 9.17) is 0 Å². The summed E-state index contributed by atoms with van der Waals surface area (Å²) in [6.07, 6.45) is 3.34. The normalized spacial score (nSPS) is 12.4. The van der Waals surface area contributed by atoms with Gasteiger partial charge in [0.05, 0.1) is 18.2 Å². The number of thiophene rings is 1. The molecule has 0 fully saturated rings. The quantitative estimate of drug-likeness (QED) is 0.647. The van der Waals surface area contributed by atoms with Gasteiger partial charge in [0, 0.05) is 35.7 Å². The van der Waals surface area contributed by atoms with Crippen molar-refractivity contribution in [1.82, 2.24) is 25.1 Å². The average molecular weight is 413 g/mol. The molecule has 0 aromatic carbocycles. The number of nitrogens with zero attached hydrogens (tertiary/aromatic N) is 4. The Morgan fingerprint density at radius 2 is 1.93 bits per heavy atom. The number of hydrogen-bond donors (Lipinski definition) is 2. The smallest absolute Gasteiger partial charge is 0.252 e. The molecule has 0 aliphatic heterocycles. The minimum absolute atomic E-state index is 0.103. The molecule has 3 aromatic heterocycles. The van der Waals surface area contributed by atoms with E-state index >= 15 is 0 Å². The lowest BCUT2D eigenvalue weighted by Gasteiger charge is -2.16. The second kappa shape index (κ2) is 8.52. The van der Waals surface area contributed by atoms with Crippen LogP contribution in [-0.4, -0.2) is 31.6 Å². The first-order valence-electron chi connectivity index (χ1n) is 9.22. The van der Waals surface area contributed by atoms with Gasteiger partial charge in [0.15, 0.2) is 0 Å². The molecule has 0 saturated heterocycles. The van der Waals surface area contributed by atoms with Crippen molar-refractivity contribution in [3.8, 4) is 5.95 Å². The zero-order chi connectivity index (χ0) is 21.0. The number of aromatic nitrogens is 4.